The molecule has 0 aliphatic carbocycles. The van der Waals surface area contributed by atoms with Crippen molar-refractivity contribution < 1.29 is 13.3 Å². The number of piperidine rings is 1. The predicted octanol–water partition coefficient (Wildman–Crippen LogP) is 2.27. The fourth-order valence-electron chi connectivity index (χ4n) is 3.52. The molecule has 0 amide bonds. The van der Waals surface area contributed by atoms with Crippen LogP contribution in [0.4, 0.5) is 11.5 Å². The summed E-state index contributed by atoms with van der Waals surface area (Å²) < 4.78 is 26.9. The van der Waals surface area contributed by atoms with E-state index < -0.39 is 14.9 Å². The van der Waals surface area contributed by atoms with Crippen molar-refractivity contribution in [2.75, 3.05) is 23.7 Å². The van der Waals surface area contributed by atoms with Gasteiger partial charge < -0.3 is 4.90 Å². The van der Waals surface area contributed by atoms with Crippen molar-refractivity contribution in [3.63, 3.8) is 0 Å². The van der Waals surface area contributed by atoms with Gasteiger partial charge in [-0.05, 0) is 25.3 Å². The second-order valence-corrected chi connectivity index (χ2v) is 8.99. The van der Waals surface area contributed by atoms with Gasteiger partial charge in [-0.2, -0.15) is 0 Å². The van der Waals surface area contributed by atoms with Crippen LogP contribution in [0.15, 0.2) is 36.5 Å². The summed E-state index contributed by atoms with van der Waals surface area (Å²) in [5.74, 6) is 1.32. The average Bonchev–Trinajstić information content (AvgIpc) is 2.68. The third kappa shape index (κ3) is 5.70. The third-order valence-electron chi connectivity index (χ3n) is 4.79. The van der Waals surface area contributed by atoms with Gasteiger partial charge in [0.25, 0.3) is 5.69 Å². The highest BCUT2D eigenvalue weighted by Crippen LogP contribution is 2.22. The lowest BCUT2D eigenvalue weighted by Crippen LogP contribution is -2.48. The van der Waals surface area contributed by atoms with Crippen LogP contribution in [-0.2, 0) is 16.4 Å². The van der Waals surface area contributed by atoms with Gasteiger partial charge in [0.2, 0.25) is 10.0 Å². The minimum absolute atomic E-state index is 0.0462. The Morgan fingerprint density at radius 1 is 1.31 bits per heavy atom. The predicted molar refractivity (Wildman–Crippen MR) is 110 cm³/mol. The Hall–Kier alpha value is -2.59. The first kappa shape index (κ1) is 21.1. The van der Waals surface area contributed by atoms with Crippen molar-refractivity contribution in [2.24, 2.45) is 0 Å². The van der Waals surface area contributed by atoms with Crippen molar-refractivity contribution in [2.45, 2.75) is 38.6 Å². The number of hydrogen-bond acceptors (Lipinski definition) is 7. The minimum atomic E-state index is -3.27. The molecule has 1 fully saturated rings. The van der Waals surface area contributed by atoms with Crippen LogP contribution in [0.25, 0.3) is 0 Å². The van der Waals surface area contributed by atoms with Crippen LogP contribution in [0.1, 0.15) is 37.6 Å². The SMILES string of the molecule is CCCS(=O)(=O)NC1CCCN(c2ccnc(Cc3ccccc3[N+](=O)[O-])n2)C1. The number of nitro groups is 1. The summed E-state index contributed by atoms with van der Waals surface area (Å²) in [5, 5.41) is 11.2. The van der Waals surface area contributed by atoms with Crippen LogP contribution in [-0.4, -0.2) is 48.2 Å². The quantitative estimate of drug-likeness (QED) is 0.515. The van der Waals surface area contributed by atoms with E-state index in [2.05, 4.69) is 14.7 Å². The summed E-state index contributed by atoms with van der Waals surface area (Å²) in [7, 11) is -3.27. The van der Waals surface area contributed by atoms with Gasteiger partial charge in [-0.25, -0.2) is 23.1 Å². The van der Waals surface area contributed by atoms with Gasteiger partial charge in [0.05, 0.1) is 10.7 Å². The molecule has 1 atom stereocenters. The maximum Gasteiger partial charge on any atom is 0.273 e. The second kappa shape index (κ2) is 9.27. The summed E-state index contributed by atoms with van der Waals surface area (Å²) in [5.41, 5.74) is 0.600. The third-order valence-corrected chi connectivity index (χ3v) is 6.43. The first-order valence-electron chi connectivity index (χ1n) is 9.67. The van der Waals surface area contributed by atoms with Crippen LogP contribution < -0.4 is 9.62 Å². The number of rotatable bonds is 8. The first-order valence-corrected chi connectivity index (χ1v) is 11.3. The molecule has 1 aliphatic rings. The molecular weight excluding hydrogens is 394 g/mol. The van der Waals surface area contributed by atoms with Gasteiger partial charge in [-0.3, -0.25) is 10.1 Å². The Bertz CT molecular complexity index is 967. The summed E-state index contributed by atoms with van der Waals surface area (Å²) in [6.45, 7) is 3.14. The molecule has 0 radical (unpaired) electrons. The van der Waals surface area contributed by atoms with Crippen LogP contribution >= 0.6 is 0 Å². The van der Waals surface area contributed by atoms with Gasteiger partial charge >= 0.3 is 0 Å². The number of benzene rings is 1. The molecule has 29 heavy (non-hydrogen) atoms. The molecule has 0 spiro atoms. The molecule has 1 aromatic carbocycles. The Labute approximate surface area is 170 Å². The summed E-state index contributed by atoms with van der Waals surface area (Å²) in [6.07, 6.45) is 4.10. The Balaban J connectivity index is 1.73. The van der Waals surface area contributed by atoms with E-state index >= 15 is 0 Å². The van der Waals surface area contributed by atoms with Crippen LogP contribution in [0, 0.1) is 10.1 Å². The Kier molecular flexibility index (Phi) is 6.75. The molecule has 9 nitrogen and oxygen atoms in total. The van der Waals surface area contributed by atoms with Crippen molar-refractivity contribution in [3.05, 3.63) is 58.0 Å². The molecular formula is C19H25N5O4S. The molecule has 2 heterocycles. The molecule has 156 valence electrons. The highest BCUT2D eigenvalue weighted by Gasteiger charge is 2.25. The summed E-state index contributed by atoms with van der Waals surface area (Å²) in [4.78, 5) is 21.7. The molecule has 0 bridgehead atoms. The fraction of sp³-hybridized carbons (Fsp3) is 0.474. The van der Waals surface area contributed by atoms with Crippen LogP contribution in [0.2, 0.25) is 0 Å². The lowest BCUT2D eigenvalue weighted by molar-refractivity contribution is -0.385. The summed E-state index contributed by atoms with van der Waals surface area (Å²) >= 11 is 0. The van der Waals surface area contributed by atoms with E-state index in [-0.39, 0.29) is 23.9 Å². The van der Waals surface area contributed by atoms with Gasteiger partial charge in [-0.1, -0.05) is 25.1 Å². The molecule has 1 N–H and O–H groups in total. The van der Waals surface area contributed by atoms with Crippen molar-refractivity contribution in [1.82, 2.24) is 14.7 Å². The second-order valence-electron chi connectivity index (χ2n) is 7.12. The van der Waals surface area contributed by atoms with Crippen molar-refractivity contribution in [1.29, 1.82) is 0 Å². The van der Waals surface area contributed by atoms with E-state index in [9.17, 15) is 18.5 Å². The van der Waals surface area contributed by atoms with E-state index in [1.54, 1.807) is 30.5 Å². The lowest BCUT2D eigenvalue weighted by Gasteiger charge is -2.33. The highest BCUT2D eigenvalue weighted by atomic mass is 32.2. The standard InChI is InChI=1S/C19H25N5O4S/c1-2-12-29(27,28)22-16-7-5-11-23(14-16)19-9-10-20-18(21-19)13-15-6-3-4-8-17(15)24(25)26/h3-4,6,8-10,16,22H,2,5,7,11-14H2,1H3. The number of aromatic nitrogens is 2. The number of hydrogen-bond donors (Lipinski definition) is 1. The van der Waals surface area contributed by atoms with E-state index in [4.69, 9.17) is 0 Å². The topological polar surface area (TPSA) is 118 Å². The molecule has 1 saturated heterocycles. The maximum atomic E-state index is 12.1. The van der Waals surface area contributed by atoms with E-state index in [0.717, 1.165) is 19.4 Å². The molecule has 0 saturated carbocycles. The molecule has 10 heteroatoms. The largest absolute Gasteiger partial charge is 0.355 e. The lowest BCUT2D eigenvalue weighted by atomic mass is 10.1. The zero-order valence-electron chi connectivity index (χ0n) is 16.3. The number of nitrogens with one attached hydrogen (secondary N) is 1. The number of anilines is 1. The van der Waals surface area contributed by atoms with Gasteiger partial charge in [0.1, 0.15) is 11.6 Å². The average molecular weight is 420 g/mol. The number of sulfonamides is 1. The smallest absolute Gasteiger partial charge is 0.273 e. The molecule has 3 rings (SSSR count). The Morgan fingerprint density at radius 2 is 2.10 bits per heavy atom. The molecule has 2 aromatic rings. The van der Waals surface area contributed by atoms with Gasteiger partial charge in [0, 0.05) is 43.4 Å². The van der Waals surface area contributed by atoms with Gasteiger partial charge in [-0.15, -0.1) is 0 Å². The monoisotopic (exact) mass is 419 g/mol. The minimum Gasteiger partial charge on any atom is -0.355 e. The molecule has 1 unspecified atom stereocenters. The van der Waals surface area contributed by atoms with Crippen molar-refractivity contribution in [3.8, 4) is 0 Å². The van der Waals surface area contributed by atoms with Crippen LogP contribution in [0.3, 0.4) is 0 Å². The number of nitrogens with zero attached hydrogens (tertiary/aromatic N) is 4. The molecule has 1 aliphatic heterocycles. The first-order chi connectivity index (χ1) is 13.9. The zero-order valence-corrected chi connectivity index (χ0v) is 17.1. The normalized spacial score (nSPS) is 17.3. The van der Waals surface area contributed by atoms with E-state index in [1.165, 1.54) is 6.07 Å². The van der Waals surface area contributed by atoms with E-state index in [1.807, 2.05) is 11.8 Å². The maximum absolute atomic E-state index is 12.1. The van der Waals surface area contributed by atoms with Gasteiger partial charge in [0.15, 0.2) is 0 Å². The highest BCUT2D eigenvalue weighted by molar-refractivity contribution is 7.89. The van der Waals surface area contributed by atoms with Crippen molar-refractivity contribution >= 4 is 21.5 Å². The van der Waals surface area contributed by atoms with E-state index in [0.29, 0.717) is 30.2 Å². The van der Waals surface area contributed by atoms with Crippen LogP contribution in [0.5, 0.6) is 0 Å². The summed E-state index contributed by atoms with van der Waals surface area (Å²) in [6, 6.07) is 8.18. The Morgan fingerprint density at radius 3 is 2.86 bits per heavy atom. The molecule has 1 aromatic heterocycles. The number of nitro benzene ring substituents is 1. The fourth-order valence-corrected chi connectivity index (χ4v) is 4.88. The zero-order chi connectivity index (χ0) is 20.9. The number of para-hydroxylation sites is 1.